The highest BCUT2D eigenvalue weighted by molar-refractivity contribution is 5.82. The van der Waals surface area contributed by atoms with Crippen LogP contribution in [0.1, 0.15) is 43.9 Å². The number of carbonyl (C=O) groups excluding carboxylic acids is 2. The zero-order valence-corrected chi connectivity index (χ0v) is 17.3. The average molecular weight is 394 g/mol. The van der Waals surface area contributed by atoms with Crippen LogP contribution in [0.25, 0.3) is 0 Å². The Morgan fingerprint density at radius 3 is 2.17 bits per heavy atom. The van der Waals surface area contributed by atoms with E-state index in [9.17, 15) is 9.59 Å². The van der Waals surface area contributed by atoms with Crippen molar-refractivity contribution in [2.24, 2.45) is 5.92 Å². The summed E-state index contributed by atoms with van der Waals surface area (Å²) >= 11 is 0. The normalized spacial score (nSPS) is 17.3. The molecule has 0 radical (unpaired) electrons. The van der Waals surface area contributed by atoms with Gasteiger partial charge in [-0.2, -0.15) is 0 Å². The molecule has 0 saturated carbocycles. The van der Waals surface area contributed by atoms with E-state index in [4.69, 9.17) is 0 Å². The zero-order chi connectivity index (χ0) is 20.6. The molecule has 1 aliphatic rings. The molecular formula is C24H31N3O2. The molecule has 2 aromatic rings. The Labute approximate surface area is 173 Å². The largest absolute Gasteiger partial charge is 0.352 e. The number of likely N-dealkylation sites (tertiary alicyclic amines) is 1. The molecule has 5 nitrogen and oxygen atoms in total. The first-order chi connectivity index (χ1) is 14.0. The van der Waals surface area contributed by atoms with Crippen molar-refractivity contribution in [3.63, 3.8) is 0 Å². The molecule has 0 bridgehead atoms. The maximum atomic E-state index is 12.7. The Balaban J connectivity index is 1.43. The van der Waals surface area contributed by atoms with Crippen LogP contribution in [0.5, 0.6) is 0 Å². The topological polar surface area (TPSA) is 61.4 Å². The van der Waals surface area contributed by atoms with Gasteiger partial charge in [0.25, 0.3) is 0 Å². The number of piperidine rings is 1. The van der Waals surface area contributed by atoms with Crippen molar-refractivity contribution in [1.29, 1.82) is 0 Å². The molecule has 5 heteroatoms. The lowest BCUT2D eigenvalue weighted by atomic mass is 9.94. The quantitative estimate of drug-likeness (QED) is 0.759. The van der Waals surface area contributed by atoms with Gasteiger partial charge in [-0.1, -0.05) is 60.7 Å². The van der Waals surface area contributed by atoms with Crippen LogP contribution in [0.3, 0.4) is 0 Å². The summed E-state index contributed by atoms with van der Waals surface area (Å²) in [4.78, 5) is 27.3. The molecule has 2 unspecified atom stereocenters. The monoisotopic (exact) mass is 393 g/mol. The standard InChI is InChI=1S/C24H31N3O2/c1-18(21-11-7-4-8-12-21)26-23(28)19(2)27-15-13-22(14-16-27)24(29)25-17-20-9-5-3-6-10-20/h3-12,18-19,22H,13-17H2,1-2H3,(H,25,29)(H,26,28). The van der Waals surface area contributed by atoms with Crippen LogP contribution in [-0.2, 0) is 16.1 Å². The van der Waals surface area contributed by atoms with E-state index in [0.29, 0.717) is 6.54 Å². The highest BCUT2D eigenvalue weighted by Crippen LogP contribution is 2.20. The van der Waals surface area contributed by atoms with E-state index in [2.05, 4.69) is 15.5 Å². The van der Waals surface area contributed by atoms with Crippen LogP contribution >= 0.6 is 0 Å². The average Bonchev–Trinajstić information content (AvgIpc) is 2.78. The van der Waals surface area contributed by atoms with Crippen molar-refractivity contribution in [3.05, 3.63) is 71.8 Å². The van der Waals surface area contributed by atoms with Crippen LogP contribution in [0.4, 0.5) is 0 Å². The number of nitrogens with one attached hydrogen (secondary N) is 2. The molecule has 1 heterocycles. The summed E-state index contributed by atoms with van der Waals surface area (Å²) in [5.74, 6) is 0.171. The molecular weight excluding hydrogens is 362 g/mol. The number of amides is 2. The molecule has 29 heavy (non-hydrogen) atoms. The van der Waals surface area contributed by atoms with Crippen molar-refractivity contribution in [2.75, 3.05) is 13.1 Å². The predicted octanol–water partition coefficient (Wildman–Crippen LogP) is 3.28. The van der Waals surface area contributed by atoms with Crippen LogP contribution in [0.15, 0.2) is 60.7 Å². The molecule has 0 aromatic heterocycles. The Morgan fingerprint density at radius 1 is 0.966 bits per heavy atom. The molecule has 1 saturated heterocycles. The SMILES string of the molecule is CC(NC(=O)C(C)N1CCC(C(=O)NCc2ccccc2)CC1)c1ccccc1. The molecule has 2 atom stereocenters. The maximum Gasteiger partial charge on any atom is 0.237 e. The Bertz CT molecular complexity index is 786. The number of hydrogen-bond acceptors (Lipinski definition) is 3. The van der Waals surface area contributed by atoms with Gasteiger partial charge in [-0.25, -0.2) is 0 Å². The second-order valence-corrected chi connectivity index (χ2v) is 7.83. The predicted molar refractivity (Wildman–Crippen MR) is 115 cm³/mol. The van der Waals surface area contributed by atoms with Gasteiger partial charge in [-0.15, -0.1) is 0 Å². The first-order valence-corrected chi connectivity index (χ1v) is 10.5. The molecule has 3 rings (SSSR count). The van der Waals surface area contributed by atoms with E-state index in [1.807, 2.05) is 74.5 Å². The summed E-state index contributed by atoms with van der Waals surface area (Å²) in [5, 5.41) is 6.15. The van der Waals surface area contributed by atoms with Crippen LogP contribution < -0.4 is 10.6 Å². The van der Waals surface area contributed by atoms with Gasteiger partial charge in [-0.3, -0.25) is 14.5 Å². The maximum absolute atomic E-state index is 12.7. The molecule has 1 fully saturated rings. The van der Waals surface area contributed by atoms with Crippen LogP contribution in [0, 0.1) is 5.92 Å². The number of carbonyl (C=O) groups is 2. The number of benzene rings is 2. The lowest BCUT2D eigenvalue weighted by Crippen LogP contribution is -2.50. The number of hydrogen-bond donors (Lipinski definition) is 2. The molecule has 1 aliphatic heterocycles. The summed E-state index contributed by atoms with van der Waals surface area (Å²) in [5.41, 5.74) is 2.21. The molecule has 2 aromatic carbocycles. The van der Waals surface area contributed by atoms with E-state index >= 15 is 0 Å². The smallest absolute Gasteiger partial charge is 0.237 e. The van der Waals surface area contributed by atoms with Crippen molar-refractivity contribution < 1.29 is 9.59 Å². The fraction of sp³-hybridized carbons (Fsp3) is 0.417. The van der Waals surface area contributed by atoms with Gasteiger partial charge in [0.2, 0.25) is 11.8 Å². The van der Waals surface area contributed by atoms with Gasteiger partial charge in [0, 0.05) is 12.5 Å². The van der Waals surface area contributed by atoms with Crippen molar-refractivity contribution in [3.8, 4) is 0 Å². The fourth-order valence-corrected chi connectivity index (χ4v) is 3.80. The zero-order valence-electron chi connectivity index (χ0n) is 17.3. The van der Waals surface area contributed by atoms with Crippen molar-refractivity contribution in [2.45, 2.75) is 45.3 Å². The third-order valence-electron chi connectivity index (χ3n) is 5.80. The van der Waals surface area contributed by atoms with Gasteiger partial charge in [0.15, 0.2) is 0 Å². The Kier molecular flexibility index (Phi) is 7.42. The first-order valence-electron chi connectivity index (χ1n) is 10.5. The van der Waals surface area contributed by atoms with E-state index in [1.54, 1.807) is 0 Å². The van der Waals surface area contributed by atoms with Gasteiger partial charge in [-0.05, 0) is 50.9 Å². The first kappa shape index (κ1) is 21.1. The van der Waals surface area contributed by atoms with Gasteiger partial charge >= 0.3 is 0 Å². The van der Waals surface area contributed by atoms with Crippen LogP contribution in [-0.4, -0.2) is 35.8 Å². The lowest BCUT2D eigenvalue weighted by Gasteiger charge is -2.35. The van der Waals surface area contributed by atoms with Crippen LogP contribution in [0.2, 0.25) is 0 Å². The number of rotatable bonds is 7. The van der Waals surface area contributed by atoms with Crippen molar-refractivity contribution >= 4 is 11.8 Å². The molecule has 2 N–H and O–H groups in total. The van der Waals surface area contributed by atoms with E-state index in [0.717, 1.165) is 37.1 Å². The van der Waals surface area contributed by atoms with E-state index in [-0.39, 0.29) is 29.8 Å². The van der Waals surface area contributed by atoms with Gasteiger partial charge < -0.3 is 10.6 Å². The lowest BCUT2D eigenvalue weighted by molar-refractivity contribution is -0.129. The summed E-state index contributed by atoms with van der Waals surface area (Å²) in [6.45, 7) is 6.04. The minimum Gasteiger partial charge on any atom is -0.352 e. The van der Waals surface area contributed by atoms with E-state index < -0.39 is 0 Å². The van der Waals surface area contributed by atoms with Gasteiger partial charge in [0.1, 0.15) is 0 Å². The summed E-state index contributed by atoms with van der Waals surface area (Å²) in [6, 6.07) is 19.7. The minimum atomic E-state index is -0.200. The number of nitrogens with zero attached hydrogens (tertiary/aromatic N) is 1. The molecule has 2 amide bonds. The summed E-state index contributed by atoms with van der Waals surface area (Å²) in [7, 11) is 0. The fourth-order valence-electron chi connectivity index (χ4n) is 3.80. The third kappa shape index (κ3) is 5.91. The van der Waals surface area contributed by atoms with Gasteiger partial charge in [0.05, 0.1) is 12.1 Å². The van der Waals surface area contributed by atoms with Crippen molar-refractivity contribution in [1.82, 2.24) is 15.5 Å². The third-order valence-corrected chi connectivity index (χ3v) is 5.80. The van der Waals surface area contributed by atoms with E-state index in [1.165, 1.54) is 0 Å². The highest BCUT2D eigenvalue weighted by atomic mass is 16.2. The Morgan fingerprint density at radius 2 is 1.55 bits per heavy atom. The Hall–Kier alpha value is -2.66. The minimum absolute atomic E-state index is 0.0209. The second kappa shape index (κ2) is 10.2. The second-order valence-electron chi connectivity index (χ2n) is 7.83. The molecule has 0 spiro atoms. The summed E-state index contributed by atoms with van der Waals surface area (Å²) < 4.78 is 0. The molecule has 154 valence electrons. The highest BCUT2D eigenvalue weighted by Gasteiger charge is 2.30. The molecule has 0 aliphatic carbocycles. The summed E-state index contributed by atoms with van der Waals surface area (Å²) in [6.07, 6.45) is 1.57.